The third-order valence-corrected chi connectivity index (χ3v) is 3.92. The van der Waals surface area contributed by atoms with Crippen molar-refractivity contribution in [3.05, 3.63) is 33.8 Å². The monoisotopic (exact) mass is 328 g/mol. The topological polar surface area (TPSA) is 66.5 Å². The van der Waals surface area contributed by atoms with Gasteiger partial charge in [-0.3, -0.25) is 19.3 Å². The highest BCUT2D eigenvalue weighted by atomic mass is 35.5. The quantitative estimate of drug-likeness (QED) is 0.838. The molecule has 0 bridgehead atoms. The zero-order valence-corrected chi connectivity index (χ0v) is 12.7. The van der Waals surface area contributed by atoms with Gasteiger partial charge in [-0.15, -0.1) is 0 Å². The molecule has 0 atom stereocenters. The maximum atomic E-state index is 11.8. The van der Waals surface area contributed by atoms with Gasteiger partial charge in [0.15, 0.2) is 0 Å². The molecule has 21 heavy (non-hydrogen) atoms. The van der Waals surface area contributed by atoms with Crippen LogP contribution in [0, 0.1) is 0 Å². The molecule has 1 aliphatic rings. The summed E-state index contributed by atoms with van der Waals surface area (Å²) in [5.41, 5.74) is 0.562. The summed E-state index contributed by atoms with van der Waals surface area (Å²) in [7, 11) is 0. The lowest BCUT2D eigenvalue weighted by molar-refractivity contribution is -0.138. The molecule has 1 saturated heterocycles. The Bertz CT molecular complexity index is 553. The number of nitrogens with zero attached hydrogens (tertiary/aromatic N) is 1. The lowest BCUT2D eigenvalue weighted by Gasteiger charge is -2.14. The highest BCUT2D eigenvalue weighted by Gasteiger charge is 2.28. The number of imide groups is 1. The number of hydrogen-bond donors (Lipinski definition) is 1. The van der Waals surface area contributed by atoms with Crippen molar-refractivity contribution in [1.82, 2.24) is 10.2 Å². The van der Waals surface area contributed by atoms with Crippen LogP contribution >= 0.6 is 23.2 Å². The van der Waals surface area contributed by atoms with Gasteiger partial charge in [0, 0.05) is 36.0 Å². The molecule has 1 N–H and O–H groups in total. The molecular formula is C14H14Cl2N2O3. The lowest BCUT2D eigenvalue weighted by Crippen LogP contribution is -2.38. The van der Waals surface area contributed by atoms with E-state index in [0.29, 0.717) is 15.6 Å². The van der Waals surface area contributed by atoms with Crippen molar-refractivity contribution < 1.29 is 14.4 Å². The normalized spacial score (nSPS) is 14.7. The summed E-state index contributed by atoms with van der Waals surface area (Å²) < 4.78 is 0. The Morgan fingerprint density at radius 2 is 1.71 bits per heavy atom. The van der Waals surface area contributed by atoms with Gasteiger partial charge in [0.1, 0.15) is 0 Å². The van der Waals surface area contributed by atoms with Crippen LogP contribution in [-0.2, 0) is 20.8 Å². The highest BCUT2D eigenvalue weighted by Crippen LogP contribution is 2.24. The molecule has 0 radical (unpaired) electrons. The van der Waals surface area contributed by atoms with E-state index in [1.165, 1.54) is 4.90 Å². The standard InChI is InChI=1S/C14H14Cl2N2O3/c15-10-2-1-3-11(16)9(10)8-12(19)17-6-7-18-13(20)4-5-14(18)21/h1-3H,4-8H2,(H,17,19). The van der Waals surface area contributed by atoms with E-state index in [1.54, 1.807) is 18.2 Å². The first kappa shape index (κ1) is 15.8. The Morgan fingerprint density at radius 3 is 2.29 bits per heavy atom. The van der Waals surface area contributed by atoms with E-state index in [4.69, 9.17) is 23.2 Å². The maximum absolute atomic E-state index is 11.8. The molecule has 1 aliphatic heterocycles. The largest absolute Gasteiger partial charge is 0.354 e. The predicted octanol–water partition coefficient (Wildman–Crippen LogP) is 1.80. The lowest BCUT2D eigenvalue weighted by atomic mass is 10.1. The van der Waals surface area contributed by atoms with E-state index in [0.717, 1.165) is 0 Å². The third-order valence-electron chi connectivity index (χ3n) is 3.21. The molecule has 112 valence electrons. The van der Waals surface area contributed by atoms with Crippen LogP contribution < -0.4 is 5.32 Å². The van der Waals surface area contributed by atoms with E-state index < -0.39 is 0 Å². The summed E-state index contributed by atoms with van der Waals surface area (Å²) in [6.45, 7) is 0.415. The van der Waals surface area contributed by atoms with Crippen molar-refractivity contribution in [1.29, 1.82) is 0 Å². The van der Waals surface area contributed by atoms with Gasteiger partial charge in [-0.1, -0.05) is 29.3 Å². The molecule has 0 spiro atoms. The first-order valence-electron chi connectivity index (χ1n) is 6.52. The number of hydrogen-bond acceptors (Lipinski definition) is 3. The van der Waals surface area contributed by atoms with Crippen LogP contribution in [0.15, 0.2) is 18.2 Å². The SMILES string of the molecule is O=C(Cc1c(Cl)cccc1Cl)NCCN1C(=O)CCC1=O. The minimum absolute atomic E-state index is 0.0560. The maximum Gasteiger partial charge on any atom is 0.229 e. The molecule has 5 nitrogen and oxygen atoms in total. The van der Waals surface area contributed by atoms with Crippen LogP contribution in [0.3, 0.4) is 0 Å². The molecule has 1 aromatic rings. The smallest absolute Gasteiger partial charge is 0.229 e. The van der Waals surface area contributed by atoms with E-state index in [9.17, 15) is 14.4 Å². The highest BCUT2D eigenvalue weighted by molar-refractivity contribution is 6.36. The van der Waals surface area contributed by atoms with Gasteiger partial charge < -0.3 is 5.32 Å². The first-order chi connectivity index (χ1) is 9.99. The van der Waals surface area contributed by atoms with Crippen molar-refractivity contribution >= 4 is 40.9 Å². The summed E-state index contributed by atoms with van der Waals surface area (Å²) in [5, 5.41) is 3.52. The molecule has 0 aromatic heterocycles. The average Bonchev–Trinajstić information content (AvgIpc) is 2.75. The van der Waals surface area contributed by atoms with Gasteiger partial charge in [-0.2, -0.15) is 0 Å². The Labute approximate surface area is 132 Å². The van der Waals surface area contributed by atoms with Crippen molar-refractivity contribution in [3.8, 4) is 0 Å². The number of nitrogens with one attached hydrogen (secondary N) is 1. The van der Waals surface area contributed by atoms with Gasteiger partial charge in [-0.05, 0) is 17.7 Å². The van der Waals surface area contributed by atoms with E-state index in [1.807, 2.05) is 0 Å². The molecule has 1 heterocycles. The number of rotatable bonds is 5. The Morgan fingerprint density at radius 1 is 1.14 bits per heavy atom. The van der Waals surface area contributed by atoms with Crippen molar-refractivity contribution in [2.24, 2.45) is 0 Å². The average molecular weight is 329 g/mol. The van der Waals surface area contributed by atoms with Crippen LogP contribution in [-0.4, -0.2) is 35.7 Å². The van der Waals surface area contributed by atoms with Crippen LogP contribution in [0.2, 0.25) is 10.0 Å². The van der Waals surface area contributed by atoms with Crippen molar-refractivity contribution in [2.75, 3.05) is 13.1 Å². The summed E-state index contributed by atoms with van der Waals surface area (Å²) in [6, 6.07) is 5.03. The number of halogens is 2. The number of benzene rings is 1. The summed E-state index contributed by atoms with van der Waals surface area (Å²) >= 11 is 12.0. The fourth-order valence-electron chi connectivity index (χ4n) is 2.10. The molecule has 0 unspecified atom stereocenters. The molecule has 1 aromatic carbocycles. The number of likely N-dealkylation sites (tertiary alicyclic amines) is 1. The molecule has 0 saturated carbocycles. The second-order valence-corrected chi connectivity index (χ2v) is 5.48. The molecule has 2 rings (SSSR count). The van der Waals surface area contributed by atoms with E-state index in [-0.39, 0.29) is 50.1 Å². The zero-order chi connectivity index (χ0) is 15.4. The molecule has 0 aliphatic carbocycles. The van der Waals surface area contributed by atoms with Crippen molar-refractivity contribution in [3.63, 3.8) is 0 Å². The Kier molecular flexibility index (Phi) is 5.20. The predicted molar refractivity (Wildman–Crippen MR) is 79.1 cm³/mol. The fourth-order valence-corrected chi connectivity index (χ4v) is 2.63. The number of carbonyl (C=O) groups excluding carboxylic acids is 3. The van der Waals surface area contributed by atoms with Crippen LogP contribution in [0.4, 0.5) is 0 Å². The molecule has 1 fully saturated rings. The van der Waals surface area contributed by atoms with Gasteiger partial charge in [-0.25, -0.2) is 0 Å². The van der Waals surface area contributed by atoms with Gasteiger partial charge in [0.25, 0.3) is 0 Å². The zero-order valence-electron chi connectivity index (χ0n) is 11.2. The first-order valence-corrected chi connectivity index (χ1v) is 7.27. The van der Waals surface area contributed by atoms with Crippen LogP contribution in [0.5, 0.6) is 0 Å². The second kappa shape index (κ2) is 6.91. The summed E-state index contributed by atoms with van der Waals surface area (Å²) in [6.07, 6.45) is 0.560. The van der Waals surface area contributed by atoms with Gasteiger partial charge in [0.2, 0.25) is 17.7 Å². The van der Waals surface area contributed by atoms with E-state index >= 15 is 0 Å². The molecule has 3 amide bonds. The van der Waals surface area contributed by atoms with Crippen molar-refractivity contribution in [2.45, 2.75) is 19.3 Å². The van der Waals surface area contributed by atoms with Gasteiger partial charge >= 0.3 is 0 Å². The Hall–Kier alpha value is -1.59. The Balaban J connectivity index is 1.83. The third kappa shape index (κ3) is 3.95. The minimum atomic E-state index is -0.260. The second-order valence-electron chi connectivity index (χ2n) is 4.67. The van der Waals surface area contributed by atoms with Crippen LogP contribution in [0.1, 0.15) is 18.4 Å². The fraction of sp³-hybridized carbons (Fsp3) is 0.357. The summed E-state index contributed by atoms with van der Waals surface area (Å²) in [4.78, 5) is 35.8. The van der Waals surface area contributed by atoms with Gasteiger partial charge in [0.05, 0.1) is 6.42 Å². The molecule has 7 heteroatoms. The number of carbonyl (C=O) groups is 3. The minimum Gasteiger partial charge on any atom is -0.354 e. The summed E-state index contributed by atoms with van der Waals surface area (Å²) in [5.74, 6) is -0.643. The van der Waals surface area contributed by atoms with Crippen LogP contribution in [0.25, 0.3) is 0 Å². The molecular weight excluding hydrogens is 315 g/mol. The van der Waals surface area contributed by atoms with E-state index in [2.05, 4.69) is 5.32 Å². The number of amides is 3.